The van der Waals surface area contributed by atoms with Crippen molar-refractivity contribution in [3.8, 4) is 0 Å². The van der Waals surface area contributed by atoms with E-state index in [1.54, 1.807) is 12.3 Å². The number of hydrogen-bond acceptors (Lipinski definition) is 4. The van der Waals surface area contributed by atoms with E-state index < -0.39 is 10.0 Å². The zero-order valence-corrected chi connectivity index (χ0v) is 12.6. The summed E-state index contributed by atoms with van der Waals surface area (Å²) in [6.07, 6.45) is 4.85. The van der Waals surface area contributed by atoms with Crippen molar-refractivity contribution in [3.63, 3.8) is 0 Å². The minimum atomic E-state index is -3.50. The lowest BCUT2D eigenvalue weighted by atomic mass is 10.1. The van der Waals surface area contributed by atoms with Gasteiger partial charge in [-0.05, 0) is 18.4 Å². The second kappa shape index (κ2) is 7.45. The number of anilines is 1. The maximum Gasteiger partial charge on any atom is 0.244 e. The van der Waals surface area contributed by atoms with Crippen molar-refractivity contribution in [2.45, 2.75) is 38.5 Å². The Morgan fingerprint density at radius 1 is 1.37 bits per heavy atom. The summed E-state index contributed by atoms with van der Waals surface area (Å²) in [7, 11) is -3.50. The third-order valence-electron chi connectivity index (χ3n) is 2.96. The molecule has 0 saturated heterocycles. The fraction of sp³-hybridized carbons (Fsp3) is 0.615. The number of aromatic nitrogens is 1. The Labute approximate surface area is 115 Å². The highest BCUT2D eigenvalue weighted by molar-refractivity contribution is 7.89. The van der Waals surface area contributed by atoms with Gasteiger partial charge in [-0.25, -0.2) is 13.1 Å². The second-order valence-corrected chi connectivity index (χ2v) is 6.40. The zero-order valence-electron chi connectivity index (χ0n) is 11.8. The molecule has 0 bridgehead atoms. The molecule has 0 aliphatic rings. The van der Waals surface area contributed by atoms with Crippen LogP contribution in [0.25, 0.3) is 0 Å². The van der Waals surface area contributed by atoms with Gasteiger partial charge >= 0.3 is 0 Å². The Bertz CT molecular complexity index is 488. The largest absolute Gasteiger partial charge is 0.384 e. The van der Waals surface area contributed by atoms with E-state index >= 15 is 0 Å². The van der Waals surface area contributed by atoms with E-state index in [4.69, 9.17) is 0 Å². The molecule has 0 aliphatic heterocycles. The first kappa shape index (κ1) is 15.9. The van der Waals surface area contributed by atoms with Crippen molar-refractivity contribution >= 4 is 15.7 Å². The van der Waals surface area contributed by atoms with Crippen LogP contribution in [0.4, 0.5) is 5.69 Å². The molecule has 1 unspecified atom stereocenters. The highest BCUT2D eigenvalue weighted by Crippen LogP contribution is 2.19. The Kier molecular flexibility index (Phi) is 6.24. The van der Waals surface area contributed by atoms with Crippen LogP contribution in [0.15, 0.2) is 23.4 Å². The zero-order chi connectivity index (χ0) is 14.3. The summed E-state index contributed by atoms with van der Waals surface area (Å²) in [5, 5.41) is 3.11. The average molecular weight is 285 g/mol. The molecule has 0 aliphatic carbocycles. The summed E-state index contributed by atoms with van der Waals surface area (Å²) in [6.45, 7) is 7.27. The van der Waals surface area contributed by atoms with Crippen LogP contribution in [0.2, 0.25) is 0 Å². The quantitative estimate of drug-likeness (QED) is 0.768. The van der Waals surface area contributed by atoms with Crippen molar-refractivity contribution in [2.24, 2.45) is 5.92 Å². The lowest BCUT2D eigenvalue weighted by Gasteiger charge is -2.14. The first-order valence-electron chi connectivity index (χ1n) is 6.68. The van der Waals surface area contributed by atoms with Crippen LogP contribution in [-0.2, 0) is 10.0 Å². The van der Waals surface area contributed by atoms with Crippen LogP contribution in [0.1, 0.15) is 33.6 Å². The van der Waals surface area contributed by atoms with Gasteiger partial charge in [-0.15, -0.1) is 0 Å². The summed E-state index contributed by atoms with van der Waals surface area (Å²) in [4.78, 5) is 4.12. The predicted octanol–water partition coefficient (Wildman–Crippen LogP) is 2.23. The standard InChI is InChI=1S/C13H23N3O2S/c1-4-7-15-12-6-8-14-10-13(12)19(17,18)16-9-11(3)5-2/h6,8,10-11,16H,4-5,7,9H2,1-3H3,(H,14,15). The smallest absolute Gasteiger partial charge is 0.244 e. The molecule has 1 aromatic heterocycles. The predicted molar refractivity (Wildman–Crippen MR) is 77.7 cm³/mol. The van der Waals surface area contributed by atoms with Gasteiger partial charge in [0.2, 0.25) is 10.0 Å². The Hall–Kier alpha value is -1.14. The summed E-state index contributed by atoms with van der Waals surface area (Å²) in [5.41, 5.74) is 0.605. The molecule has 0 spiro atoms. The van der Waals surface area contributed by atoms with Crippen LogP contribution in [0.3, 0.4) is 0 Å². The fourth-order valence-electron chi connectivity index (χ4n) is 1.47. The fourth-order valence-corrected chi connectivity index (χ4v) is 2.76. The molecule has 1 aromatic rings. The first-order chi connectivity index (χ1) is 9.01. The summed E-state index contributed by atoms with van der Waals surface area (Å²) in [5.74, 6) is 0.318. The van der Waals surface area contributed by atoms with Gasteiger partial charge in [-0.1, -0.05) is 27.2 Å². The lowest BCUT2D eigenvalue weighted by molar-refractivity contribution is 0.528. The van der Waals surface area contributed by atoms with Crippen LogP contribution in [0.5, 0.6) is 0 Å². The molecule has 6 heteroatoms. The molecule has 0 saturated carbocycles. The van der Waals surface area contributed by atoms with E-state index in [9.17, 15) is 8.42 Å². The summed E-state index contributed by atoms with van der Waals surface area (Å²) in [6, 6.07) is 1.69. The van der Waals surface area contributed by atoms with Crippen molar-refractivity contribution in [2.75, 3.05) is 18.4 Å². The number of pyridine rings is 1. The van der Waals surface area contributed by atoms with Gasteiger partial charge in [0.05, 0.1) is 5.69 Å². The number of nitrogens with zero attached hydrogens (tertiary/aromatic N) is 1. The topological polar surface area (TPSA) is 71.1 Å². The number of nitrogens with one attached hydrogen (secondary N) is 2. The maximum atomic E-state index is 12.2. The molecule has 2 N–H and O–H groups in total. The van der Waals surface area contributed by atoms with Gasteiger partial charge in [-0.2, -0.15) is 0 Å². The molecule has 0 fully saturated rings. The number of rotatable bonds is 8. The van der Waals surface area contributed by atoms with E-state index in [-0.39, 0.29) is 4.90 Å². The molecule has 1 heterocycles. The SMILES string of the molecule is CCCNc1ccncc1S(=O)(=O)NCC(C)CC. The van der Waals surface area contributed by atoms with Crippen LogP contribution in [-0.4, -0.2) is 26.5 Å². The van der Waals surface area contributed by atoms with Crippen molar-refractivity contribution in [1.82, 2.24) is 9.71 Å². The number of sulfonamides is 1. The third kappa shape index (κ3) is 4.80. The molecule has 0 aromatic carbocycles. The van der Waals surface area contributed by atoms with Crippen molar-refractivity contribution < 1.29 is 8.42 Å². The third-order valence-corrected chi connectivity index (χ3v) is 4.41. The molecule has 19 heavy (non-hydrogen) atoms. The van der Waals surface area contributed by atoms with E-state index in [0.717, 1.165) is 19.4 Å². The lowest BCUT2D eigenvalue weighted by Crippen LogP contribution is -2.29. The van der Waals surface area contributed by atoms with E-state index in [1.165, 1.54) is 6.20 Å². The van der Waals surface area contributed by atoms with Gasteiger partial charge in [-0.3, -0.25) is 4.98 Å². The average Bonchev–Trinajstić information content (AvgIpc) is 2.42. The molecular formula is C13H23N3O2S. The normalized spacial score (nSPS) is 13.2. The second-order valence-electron chi connectivity index (χ2n) is 4.66. The Balaban J connectivity index is 2.88. The highest BCUT2D eigenvalue weighted by atomic mass is 32.2. The first-order valence-corrected chi connectivity index (χ1v) is 8.17. The molecule has 5 nitrogen and oxygen atoms in total. The number of hydrogen-bond donors (Lipinski definition) is 2. The van der Waals surface area contributed by atoms with Crippen LogP contribution < -0.4 is 10.0 Å². The summed E-state index contributed by atoms with van der Waals surface area (Å²) >= 11 is 0. The van der Waals surface area contributed by atoms with Crippen LogP contribution in [0, 0.1) is 5.92 Å². The molecule has 0 amide bonds. The molecular weight excluding hydrogens is 262 g/mol. The van der Waals surface area contributed by atoms with Gasteiger partial charge in [0.25, 0.3) is 0 Å². The van der Waals surface area contributed by atoms with E-state index in [1.807, 2.05) is 20.8 Å². The Morgan fingerprint density at radius 3 is 2.74 bits per heavy atom. The minimum Gasteiger partial charge on any atom is -0.384 e. The summed E-state index contributed by atoms with van der Waals surface area (Å²) < 4.78 is 27.1. The van der Waals surface area contributed by atoms with Crippen LogP contribution >= 0.6 is 0 Å². The molecule has 1 rings (SSSR count). The van der Waals surface area contributed by atoms with Crippen molar-refractivity contribution in [3.05, 3.63) is 18.5 Å². The van der Waals surface area contributed by atoms with Gasteiger partial charge in [0, 0.05) is 25.5 Å². The monoisotopic (exact) mass is 285 g/mol. The maximum absolute atomic E-state index is 12.2. The minimum absolute atomic E-state index is 0.215. The van der Waals surface area contributed by atoms with Gasteiger partial charge < -0.3 is 5.32 Å². The van der Waals surface area contributed by atoms with Gasteiger partial charge in [0.1, 0.15) is 4.90 Å². The van der Waals surface area contributed by atoms with Gasteiger partial charge in [0.15, 0.2) is 0 Å². The molecule has 1 atom stereocenters. The van der Waals surface area contributed by atoms with E-state index in [0.29, 0.717) is 18.2 Å². The van der Waals surface area contributed by atoms with E-state index in [2.05, 4.69) is 15.0 Å². The molecule has 0 radical (unpaired) electrons. The molecule has 108 valence electrons. The van der Waals surface area contributed by atoms with Crippen molar-refractivity contribution in [1.29, 1.82) is 0 Å². The highest BCUT2D eigenvalue weighted by Gasteiger charge is 2.18. The Morgan fingerprint density at radius 2 is 2.11 bits per heavy atom.